The highest BCUT2D eigenvalue weighted by atomic mass is 16.5. The number of nitrogens with zero attached hydrogens (tertiary/aromatic N) is 3. The third-order valence-corrected chi connectivity index (χ3v) is 7.35. The minimum Gasteiger partial charge on any atom is -0.493 e. The number of rotatable bonds is 4. The summed E-state index contributed by atoms with van der Waals surface area (Å²) in [6.07, 6.45) is 4.98. The van der Waals surface area contributed by atoms with Gasteiger partial charge < -0.3 is 29.4 Å². The summed E-state index contributed by atoms with van der Waals surface area (Å²) in [6, 6.07) is 10.5. The van der Waals surface area contributed by atoms with E-state index in [2.05, 4.69) is 25.7 Å². The number of hydrogen-bond donors (Lipinski definition) is 3. The number of fused-ring (bicyclic) bond motifs is 2. The smallest absolute Gasteiger partial charge is 0.258 e. The maximum atomic E-state index is 12.9. The largest absolute Gasteiger partial charge is 0.493 e. The molecule has 0 saturated carbocycles. The summed E-state index contributed by atoms with van der Waals surface area (Å²) in [6.45, 7) is 4.74. The highest BCUT2D eigenvalue weighted by Crippen LogP contribution is 2.28. The molecule has 12 nitrogen and oxygen atoms in total. The fourth-order valence-corrected chi connectivity index (χ4v) is 4.97. The van der Waals surface area contributed by atoms with E-state index in [-0.39, 0.29) is 18.4 Å². The second-order valence-corrected chi connectivity index (χ2v) is 10.7. The standard InChI is InChI=1S/C31H42N6O6/c1-22-31(40)36(2)16-4-5-17-37(20-24-9-11-26(43-24)25-13-15-33-35-25)18-6-14-32-29(38)12-8-23-7-10-27(41-3)28(19-23)42-21-30(39)34-22/h7,9-11,13,15,19,22H,4-6,8,12,14,16-18,20-21H2,1-3H3,(H,32,38)(H,33,35)(H,34,39)/t22-/m0/s1. The summed E-state index contributed by atoms with van der Waals surface area (Å²) < 4.78 is 17.1. The number of carbonyl (C=O) groups excluding carboxylic acids is 3. The quantitative estimate of drug-likeness (QED) is 0.419. The first-order valence-electron chi connectivity index (χ1n) is 14.7. The second-order valence-electron chi connectivity index (χ2n) is 10.7. The summed E-state index contributed by atoms with van der Waals surface area (Å²) in [4.78, 5) is 42.0. The molecule has 1 aliphatic rings. The molecule has 3 N–H and O–H groups in total. The van der Waals surface area contributed by atoms with E-state index in [0.29, 0.717) is 44.0 Å². The van der Waals surface area contributed by atoms with Gasteiger partial charge in [-0.15, -0.1) is 0 Å². The van der Waals surface area contributed by atoms with Crippen LogP contribution in [0.3, 0.4) is 0 Å². The first-order valence-corrected chi connectivity index (χ1v) is 14.7. The van der Waals surface area contributed by atoms with Gasteiger partial charge in [-0.05, 0) is 75.0 Å². The van der Waals surface area contributed by atoms with Gasteiger partial charge in [0.15, 0.2) is 23.9 Å². The summed E-state index contributed by atoms with van der Waals surface area (Å²) in [5.41, 5.74) is 1.71. The van der Waals surface area contributed by atoms with Crippen LogP contribution in [0.4, 0.5) is 0 Å². The molecule has 3 amide bonds. The van der Waals surface area contributed by atoms with Crippen molar-refractivity contribution in [3.05, 3.63) is 53.9 Å². The zero-order valence-electron chi connectivity index (χ0n) is 25.2. The molecule has 0 unspecified atom stereocenters. The highest BCUT2D eigenvalue weighted by Gasteiger charge is 2.20. The molecule has 1 aliphatic heterocycles. The number of aryl methyl sites for hydroxylation is 1. The average Bonchev–Trinajstić information content (AvgIpc) is 3.71. The average molecular weight is 595 g/mol. The maximum absolute atomic E-state index is 12.9. The molecule has 3 aromatic rings. The number of amides is 3. The molecule has 0 spiro atoms. The fourth-order valence-electron chi connectivity index (χ4n) is 4.97. The van der Waals surface area contributed by atoms with E-state index in [9.17, 15) is 14.4 Å². The molecule has 4 rings (SSSR count). The number of likely N-dealkylation sites (N-methyl/N-ethyl adjacent to an activating group) is 1. The van der Waals surface area contributed by atoms with Gasteiger partial charge in [-0.25, -0.2) is 0 Å². The molecule has 12 heteroatoms. The van der Waals surface area contributed by atoms with Crippen molar-refractivity contribution in [2.45, 2.75) is 51.6 Å². The van der Waals surface area contributed by atoms with Crippen molar-refractivity contribution in [2.24, 2.45) is 0 Å². The minimum atomic E-state index is -0.690. The molecule has 3 heterocycles. The number of aromatic nitrogens is 2. The second kappa shape index (κ2) is 15.8. The van der Waals surface area contributed by atoms with E-state index in [1.54, 1.807) is 37.2 Å². The van der Waals surface area contributed by atoms with E-state index < -0.39 is 11.9 Å². The normalized spacial score (nSPS) is 19.0. The predicted molar refractivity (Wildman–Crippen MR) is 160 cm³/mol. The number of methoxy groups -OCH3 is 1. The van der Waals surface area contributed by atoms with Gasteiger partial charge >= 0.3 is 0 Å². The summed E-state index contributed by atoms with van der Waals surface area (Å²) in [7, 11) is 3.27. The summed E-state index contributed by atoms with van der Waals surface area (Å²) in [5, 5.41) is 12.7. The van der Waals surface area contributed by atoms with Gasteiger partial charge in [0.05, 0.1) is 13.7 Å². The molecule has 2 aromatic heterocycles. The van der Waals surface area contributed by atoms with Gasteiger partial charge in [-0.2, -0.15) is 5.10 Å². The number of aromatic amines is 1. The molecule has 1 aromatic carbocycles. The zero-order valence-corrected chi connectivity index (χ0v) is 25.2. The maximum Gasteiger partial charge on any atom is 0.258 e. The van der Waals surface area contributed by atoms with Crippen LogP contribution in [0.25, 0.3) is 11.5 Å². The lowest BCUT2D eigenvalue weighted by Gasteiger charge is -2.24. The van der Waals surface area contributed by atoms with Crippen molar-refractivity contribution in [3.8, 4) is 23.0 Å². The number of nitrogens with one attached hydrogen (secondary N) is 3. The van der Waals surface area contributed by atoms with E-state index in [1.165, 1.54) is 7.11 Å². The van der Waals surface area contributed by atoms with Gasteiger partial charge in [0.2, 0.25) is 11.8 Å². The molecule has 0 fully saturated rings. The lowest BCUT2D eigenvalue weighted by Crippen LogP contribution is -2.47. The Balaban J connectivity index is 1.41. The highest BCUT2D eigenvalue weighted by molar-refractivity contribution is 5.87. The Morgan fingerprint density at radius 1 is 1.00 bits per heavy atom. The minimum absolute atomic E-state index is 0.0247. The molecule has 2 bridgehead atoms. The van der Waals surface area contributed by atoms with Crippen LogP contribution in [0.1, 0.15) is 43.9 Å². The molecule has 43 heavy (non-hydrogen) atoms. The van der Waals surface area contributed by atoms with Crippen LogP contribution in [0, 0.1) is 0 Å². The van der Waals surface area contributed by atoms with Crippen LogP contribution in [-0.4, -0.2) is 90.7 Å². The molecule has 0 aliphatic carbocycles. The monoisotopic (exact) mass is 594 g/mol. The lowest BCUT2D eigenvalue weighted by atomic mass is 10.1. The van der Waals surface area contributed by atoms with Gasteiger partial charge in [0, 0.05) is 39.3 Å². The van der Waals surface area contributed by atoms with Gasteiger partial charge in [-0.3, -0.25) is 24.4 Å². The molecular formula is C31H42N6O6. The Bertz CT molecular complexity index is 1340. The third kappa shape index (κ3) is 9.60. The van der Waals surface area contributed by atoms with Gasteiger partial charge in [0.1, 0.15) is 17.5 Å². The first kappa shape index (κ1) is 31.6. The molecule has 0 saturated heterocycles. The van der Waals surface area contributed by atoms with Crippen molar-refractivity contribution in [1.29, 1.82) is 0 Å². The number of benzene rings is 1. The van der Waals surface area contributed by atoms with E-state index in [1.807, 2.05) is 24.3 Å². The number of furan rings is 1. The summed E-state index contributed by atoms with van der Waals surface area (Å²) in [5.74, 6) is 1.87. The van der Waals surface area contributed by atoms with Gasteiger partial charge in [-0.1, -0.05) is 6.07 Å². The van der Waals surface area contributed by atoms with Crippen LogP contribution in [0.15, 0.2) is 47.0 Å². The molecule has 0 radical (unpaired) electrons. The number of ether oxygens (including phenoxy) is 2. The number of H-pyrrole nitrogens is 1. The summed E-state index contributed by atoms with van der Waals surface area (Å²) >= 11 is 0. The molecule has 1 atom stereocenters. The van der Waals surface area contributed by atoms with Crippen LogP contribution in [0.5, 0.6) is 11.5 Å². The Morgan fingerprint density at radius 2 is 1.81 bits per heavy atom. The Morgan fingerprint density at radius 3 is 2.60 bits per heavy atom. The van der Waals surface area contributed by atoms with Crippen LogP contribution in [0.2, 0.25) is 0 Å². The zero-order chi connectivity index (χ0) is 30.6. The SMILES string of the molecule is COc1ccc2cc1OCC(=O)N[C@@H](C)C(=O)N(C)CCCCN(Cc1ccc(-c3ccn[nH]3)o1)CCCNC(=O)CC2. The van der Waals surface area contributed by atoms with E-state index >= 15 is 0 Å². The van der Waals surface area contributed by atoms with Crippen molar-refractivity contribution in [2.75, 3.05) is 46.9 Å². The lowest BCUT2D eigenvalue weighted by molar-refractivity contribution is -0.135. The number of hydrogen-bond acceptors (Lipinski definition) is 8. The van der Waals surface area contributed by atoms with Crippen molar-refractivity contribution in [3.63, 3.8) is 0 Å². The third-order valence-electron chi connectivity index (χ3n) is 7.35. The predicted octanol–water partition coefficient (Wildman–Crippen LogP) is 2.76. The fraction of sp³-hybridized carbons (Fsp3) is 0.484. The van der Waals surface area contributed by atoms with Gasteiger partial charge in [0.25, 0.3) is 5.91 Å². The Labute approximate surface area is 252 Å². The van der Waals surface area contributed by atoms with Crippen molar-refractivity contribution < 1.29 is 28.3 Å². The van der Waals surface area contributed by atoms with E-state index in [0.717, 1.165) is 55.1 Å². The molecular weight excluding hydrogens is 552 g/mol. The Hall–Kier alpha value is -4.32. The van der Waals surface area contributed by atoms with Crippen molar-refractivity contribution >= 4 is 17.7 Å². The molecule has 232 valence electrons. The van der Waals surface area contributed by atoms with Crippen molar-refractivity contribution in [1.82, 2.24) is 30.6 Å². The topological polar surface area (TPSA) is 142 Å². The van der Waals surface area contributed by atoms with Crippen LogP contribution < -0.4 is 20.1 Å². The Kier molecular flexibility index (Phi) is 11.6. The van der Waals surface area contributed by atoms with Crippen LogP contribution >= 0.6 is 0 Å². The number of carbonyl (C=O) groups is 3. The van der Waals surface area contributed by atoms with E-state index in [4.69, 9.17) is 13.9 Å². The van der Waals surface area contributed by atoms with Crippen LogP contribution in [-0.2, 0) is 27.3 Å². The first-order chi connectivity index (χ1) is 20.8.